The van der Waals surface area contributed by atoms with E-state index in [9.17, 15) is 55.2 Å². The highest BCUT2D eigenvalue weighted by Crippen LogP contribution is 2.39. The normalized spacial score (nSPS) is 28.7. The van der Waals surface area contributed by atoms with Gasteiger partial charge in [0.25, 0.3) is 0 Å². The fourth-order valence-electron chi connectivity index (χ4n) is 5.67. The second-order valence-corrected chi connectivity index (χ2v) is 12.7. The Balaban J connectivity index is 1.54. The van der Waals surface area contributed by atoms with Gasteiger partial charge in [0.2, 0.25) is 17.5 Å². The predicted octanol–water partition coefficient (Wildman–Crippen LogP) is -1.31. The summed E-state index contributed by atoms with van der Waals surface area (Å²) in [5, 5.41) is 92.5. The van der Waals surface area contributed by atoms with Gasteiger partial charge in [0.1, 0.15) is 64.8 Å². The second kappa shape index (κ2) is 15.2. The lowest BCUT2D eigenvalue weighted by Crippen LogP contribution is -2.62. The summed E-state index contributed by atoms with van der Waals surface area (Å²) in [5.74, 6) is -4.02. The van der Waals surface area contributed by atoms with Crippen LogP contribution >= 0.6 is 0 Å². The van der Waals surface area contributed by atoms with Crippen LogP contribution in [0.2, 0.25) is 0 Å². The number of benzene rings is 2. The molecular weight excluding hydrogens is 700 g/mol. The van der Waals surface area contributed by atoms with E-state index in [-0.39, 0.29) is 33.8 Å². The van der Waals surface area contributed by atoms with Gasteiger partial charge in [0.15, 0.2) is 18.2 Å². The number of carbonyl (C=O) groups excluding carboxylic acids is 1. The highest BCUT2D eigenvalue weighted by molar-refractivity contribution is 5.88. The number of fused-ring (bicyclic) bond motifs is 1. The van der Waals surface area contributed by atoms with Gasteiger partial charge >= 0.3 is 11.9 Å². The van der Waals surface area contributed by atoms with Crippen molar-refractivity contribution in [3.8, 4) is 34.3 Å². The predicted molar refractivity (Wildman–Crippen MR) is 170 cm³/mol. The number of hydrogen-bond acceptors (Lipinski definition) is 18. The van der Waals surface area contributed by atoms with Crippen molar-refractivity contribution in [3.63, 3.8) is 0 Å². The molecule has 2 saturated heterocycles. The van der Waals surface area contributed by atoms with E-state index in [1.165, 1.54) is 37.4 Å². The van der Waals surface area contributed by atoms with Crippen molar-refractivity contribution < 1.29 is 88.4 Å². The van der Waals surface area contributed by atoms with E-state index in [0.717, 1.165) is 13.0 Å². The Morgan fingerprint density at radius 1 is 1.04 bits per heavy atom. The summed E-state index contributed by atoms with van der Waals surface area (Å²) in [6.07, 6.45) is -14.7. The van der Waals surface area contributed by atoms with E-state index in [1.54, 1.807) is 0 Å². The number of aliphatic carboxylic acids is 1. The molecule has 52 heavy (non-hydrogen) atoms. The molecule has 2 unspecified atom stereocenters. The molecule has 19 nitrogen and oxygen atoms in total. The van der Waals surface area contributed by atoms with Gasteiger partial charge < -0.3 is 78.8 Å². The number of esters is 1. The van der Waals surface area contributed by atoms with E-state index in [2.05, 4.69) is 0 Å². The minimum Gasteiger partial charge on any atom is -0.508 e. The first-order valence-corrected chi connectivity index (χ1v) is 15.7. The number of rotatable bonds is 13. The molecule has 284 valence electrons. The quantitative estimate of drug-likeness (QED) is 0.0920. The van der Waals surface area contributed by atoms with E-state index in [1.807, 2.05) is 0 Å². The van der Waals surface area contributed by atoms with Crippen LogP contribution in [-0.2, 0) is 28.5 Å². The highest BCUT2D eigenvalue weighted by atomic mass is 16.8. The van der Waals surface area contributed by atoms with Crippen molar-refractivity contribution in [3.05, 3.63) is 46.6 Å². The van der Waals surface area contributed by atoms with Crippen LogP contribution in [0.5, 0.6) is 23.0 Å². The third-order valence-electron chi connectivity index (χ3n) is 8.49. The summed E-state index contributed by atoms with van der Waals surface area (Å²) in [6.45, 7) is -1.28. The van der Waals surface area contributed by atoms with Gasteiger partial charge in [-0.05, 0) is 31.2 Å². The molecule has 0 amide bonds. The first kappa shape index (κ1) is 38.7. The van der Waals surface area contributed by atoms with E-state index in [4.69, 9.17) is 37.9 Å². The van der Waals surface area contributed by atoms with E-state index < -0.39 is 116 Å². The number of phenolic OH excluding ortho intramolecular Hbond substituents is 2. The molecule has 2 aliphatic heterocycles. The molecule has 0 saturated carbocycles. The Morgan fingerprint density at radius 2 is 1.73 bits per heavy atom. The second-order valence-electron chi connectivity index (χ2n) is 12.7. The summed E-state index contributed by atoms with van der Waals surface area (Å²) in [4.78, 5) is 37.6. The van der Waals surface area contributed by atoms with Crippen molar-refractivity contribution in [1.29, 1.82) is 0 Å². The van der Waals surface area contributed by atoms with Crippen LogP contribution < -0.4 is 14.9 Å². The number of aliphatic hydroxyl groups is 6. The number of carbonyl (C=O) groups is 2. The molecule has 1 aromatic heterocycles. The van der Waals surface area contributed by atoms with E-state index in [0.29, 0.717) is 0 Å². The number of carboxylic acid groups (broad SMARTS) is 1. The molecule has 9 N–H and O–H groups in total. The zero-order valence-electron chi connectivity index (χ0n) is 27.6. The Hall–Kier alpha value is -4.57. The topological polar surface area (TPSA) is 302 Å². The molecule has 2 fully saturated rings. The maximum atomic E-state index is 14.1. The molecule has 9 atom stereocenters. The monoisotopic (exact) mass is 738 g/mol. The molecule has 0 spiro atoms. The van der Waals surface area contributed by atoms with Crippen LogP contribution in [0.15, 0.2) is 45.6 Å². The summed E-state index contributed by atoms with van der Waals surface area (Å²) in [5.41, 5.74) is -5.16. The molecule has 19 heteroatoms. The molecule has 3 heterocycles. The van der Waals surface area contributed by atoms with Crippen molar-refractivity contribution in [2.24, 2.45) is 0 Å². The van der Waals surface area contributed by atoms with Crippen LogP contribution in [0.25, 0.3) is 22.3 Å². The van der Waals surface area contributed by atoms with Crippen LogP contribution in [0.4, 0.5) is 0 Å². The Labute approximate surface area is 293 Å². The summed E-state index contributed by atoms with van der Waals surface area (Å²) < 4.78 is 39.2. The van der Waals surface area contributed by atoms with Gasteiger partial charge in [-0.3, -0.25) is 14.4 Å². The summed E-state index contributed by atoms with van der Waals surface area (Å²) in [7, 11) is 1.32. The smallest absolute Gasteiger partial charge is 0.308 e. The van der Waals surface area contributed by atoms with Crippen LogP contribution in [-0.4, -0.2) is 139 Å². The Morgan fingerprint density at radius 3 is 2.35 bits per heavy atom. The van der Waals surface area contributed by atoms with Gasteiger partial charge in [0.05, 0.1) is 38.8 Å². The van der Waals surface area contributed by atoms with Crippen LogP contribution in [0, 0.1) is 0 Å². The van der Waals surface area contributed by atoms with Crippen LogP contribution in [0.3, 0.4) is 0 Å². The number of aromatic hydroxyl groups is 2. The number of hydrogen-bond donors (Lipinski definition) is 9. The zero-order chi connectivity index (χ0) is 38.1. The van der Waals surface area contributed by atoms with Crippen molar-refractivity contribution in [2.75, 3.05) is 26.9 Å². The minimum absolute atomic E-state index is 0.125. The SMILES string of the molecule is COc1cc(O)c2c(=O)c(O[C@@H]3O[C@H](COC(=O)CC(C)(O)CC(=O)O)[C@H](O)[C@H](O)[C@H]3O[C@@H]3OCC(O)(CO)[C@H]3O)c(-c3ccc(O)cc3)oc2c1. The average molecular weight is 739 g/mol. The molecule has 2 aliphatic rings. The van der Waals surface area contributed by atoms with Gasteiger partial charge in [-0.25, -0.2) is 0 Å². The Bertz CT molecular complexity index is 1820. The third kappa shape index (κ3) is 8.07. The fraction of sp³-hybridized carbons (Fsp3) is 0.485. The minimum atomic E-state index is -2.18. The van der Waals surface area contributed by atoms with Gasteiger partial charge in [-0.15, -0.1) is 0 Å². The first-order valence-electron chi connectivity index (χ1n) is 15.7. The van der Waals surface area contributed by atoms with Gasteiger partial charge in [-0.1, -0.05) is 0 Å². The number of methoxy groups -OCH3 is 1. The molecule has 0 radical (unpaired) electrons. The molecule has 0 bridgehead atoms. The number of ether oxygens (including phenoxy) is 6. The average Bonchev–Trinajstić information content (AvgIpc) is 3.36. The fourth-order valence-corrected chi connectivity index (χ4v) is 5.67. The molecule has 5 rings (SSSR count). The maximum absolute atomic E-state index is 14.1. The van der Waals surface area contributed by atoms with Crippen molar-refractivity contribution >= 4 is 22.9 Å². The lowest BCUT2D eigenvalue weighted by molar-refractivity contribution is -0.319. The van der Waals surface area contributed by atoms with Gasteiger partial charge in [0, 0.05) is 17.7 Å². The molecular formula is C33H38O19. The van der Waals surface area contributed by atoms with E-state index >= 15 is 0 Å². The summed E-state index contributed by atoms with van der Waals surface area (Å²) >= 11 is 0. The number of phenols is 2. The molecule has 3 aromatic rings. The number of aliphatic hydroxyl groups excluding tert-OH is 4. The lowest BCUT2D eigenvalue weighted by atomic mass is 9.97. The summed E-state index contributed by atoms with van der Waals surface area (Å²) in [6, 6.07) is 7.71. The van der Waals surface area contributed by atoms with Crippen molar-refractivity contribution in [1.82, 2.24) is 0 Å². The largest absolute Gasteiger partial charge is 0.508 e. The van der Waals surface area contributed by atoms with Crippen molar-refractivity contribution in [2.45, 2.75) is 74.1 Å². The Kier molecular flexibility index (Phi) is 11.3. The standard InChI is InChI=1S/C33H38O19/c1-32(44,9-20(37)38)10-21(39)47-11-19-23(40)25(42)28(52-31-29(43)33(45,12-34)13-48-31)30(50-19)51-27-24(41)22-17(36)7-16(46-2)8-18(22)49-26(27)14-3-5-15(35)6-4-14/h3-8,19,23,25,28-31,34-36,40,42-45H,9-13H2,1-2H3,(H,37,38)/t19-,23+,25+,28-,29+,30+,31+,32?,33?/m1/s1. The van der Waals surface area contributed by atoms with Crippen LogP contribution in [0.1, 0.15) is 19.8 Å². The number of carboxylic acids is 1. The third-order valence-corrected chi connectivity index (χ3v) is 8.49. The zero-order valence-corrected chi connectivity index (χ0v) is 27.6. The maximum Gasteiger partial charge on any atom is 0.308 e. The van der Waals surface area contributed by atoms with Gasteiger partial charge in [-0.2, -0.15) is 0 Å². The first-order chi connectivity index (χ1) is 24.5. The molecule has 2 aromatic carbocycles. The lowest BCUT2D eigenvalue weighted by Gasteiger charge is -2.42. The molecule has 0 aliphatic carbocycles. The highest BCUT2D eigenvalue weighted by Gasteiger charge is 2.54.